The molecule has 3 amide bonds. The summed E-state index contributed by atoms with van der Waals surface area (Å²) in [5.74, 6) is -5.73. The quantitative estimate of drug-likeness (QED) is 0.127. The molecule has 0 radical (unpaired) electrons. The first-order valence-corrected chi connectivity index (χ1v) is 17.9. The van der Waals surface area contributed by atoms with Crippen molar-refractivity contribution in [3.05, 3.63) is 90.2 Å². The zero-order valence-corrected chi connectivity index (χ0v) is 29.0. The van der Waals surface area contributed by atoms with E-state index in [1.807, 2.05) is 13.0 Å². The molecule has 3 aromatic carbocycles. The van der Waals surface area contributed by atoms with Gasteiger partial charge >= 0.3 is 16.2 Å². The number of imide groups is 1. The van der Waals surface area contributed by atoms with Crippen LogP contribution in [0.25, 0.3) is 0 Å². The average Bonchev–Trinajstić information content (AvgIpc) is 3.53. The van der Waals surface area contributed by atoms with Crippen molar-refractivity contribution in [3.8, 4) is 5.75 Å². The molecule has 0 aliphatic carbocycles. The van der Waals surface area contributed by atoms with E-state index in [0.29, 0.717) is 29.0 Å². The Labute approximate surface area is 290 Å². The van der Waals surface area contributed by atoms with E-state index in [2.05, 4.69) is 5.32 Å². The van der Waals surface area contributed by atoms with Crippen molar-refractivity contribution in [1.82, 2.24) is 4.90 Å². The molecule has 0 saturated carbocycles. The van der Waals surface area contributed by atoms with Gasteiger partial charge in [0.2, 0.25) is 0 Å². The van der Waals surface area contributed by atoms with Gasteiger partial charge in [-0.1, -0.05) is 74.7 Å². The number of hydrogen-bond acceptors (Lipinski definition) is 10. The number of hydrazone groups is 1. The minimum Gasteiger partial charge on any atom is -0.433 e. The first-order chi connectivity index (χ1) is 23.7. The normalized spacial score (nSPS) is 19.2. The number of nitrogens with zero attached hydrogens (tertiary/aromatic N) is 3. The number of rotatable bonds is 14. The van der Waals surface area contributed by atoms with E-state index >= 15 is 4.39 Å². The van der Waals surface area contributed by atoms with Gasteiger partial charge in [0, 0.05) is 6.07 Å². The smallest absolute Gasteiger partial charge is 0.418 e. The van der Waals surface area contributed by atoms with E-state index < -0.39 is 68.9 Å². The van der Waals surface area contributed by atoms with Gasteiger partial charge in [0.25, 0.3) is 11.8 Å². The number of Topliss-reactive ketones (excluding diaryl/α,β-unsaturated/α-hetero) is 1. The fraction of sp³-hybridized carbons (Fsp3) is 0.361. The molecular formula is C36H39FN4O8S. The molecule has 0 spiro atoms. The number of ketones is 1. The van der Waals surface area contributed by atoms with E-state index in [-0.39, 0.29) is 17.2 Å². The number of para-hydroxylation sites is 1. The second-order valence-corrected chi connectivity index (χ2v) is 14.3. The number of anilines is 2. The fourth-order valence-electron chi connectivity index (χ4n) is 5.93. The van der Waals surface area contributed by atoms with E-state index in [1.165, 1.54) is 13.8 Å². The molecule has 2 heterocycles. The Morgan fingerprint density at radius 1 is 1.00 bits per heavy atom. The zero-order valence-electron chi connectivity index (χ0n) is 28.2. The largest absolute Gasteiger partial charge is 0.433 e. The SMILES string of the molecule is CCCCCCS(=O)(=O)Oc1ccc(F)c(NC(=O)C(C(=O)C2C(c3ccccc3)=NN(c3ccccc3)C2C)N2C(=O)OC(C)(C)C2=O)c1. The van der Waals surface area contributed by atoms with Crippen molar-refractivity contribution in [3.63, 3.8) is 0 Å². The summed E-state index contributed by atoms with van der Waals surface area (Å²) < 4.78 is 50.7. The zero-order chi connectivity index (χ0) is 36.2. The summed E-state index contributed by atoms with van der Waals surface area (Å²) in [7, 11) is -4.04. The summed E-state index contributed by atoms with van der Waals surface area (Å²) in [5.41, 5.74) is -0.726. The highest BCUT2D eigenvalue weighted by Crippen LogP contribution is 2.35. The Kier molecular flexibility index (Phi) is 10.7. The lowest BCUT2D eigenvalue weighted by Gasteiger charge is -2.29. The fourth-order valence-corrected chi connectivity index (χ4v) is 6.97. The van der Waals surface area contributed by atoms with Crippen LogP contribution in [0.4, 0.5) is 20.6 Å². The highest BCUT2D eigenvalue weighted by atomic mass is 32.2. The standard InChI is InChI=1S/C36H39FN4O8S/c1-5-6-7-14-21-50(46,47)49-26-19-20-27(37)28(22-26)38-33(43)31(40-34(44)36(3,4)48-35(40)45)32(42)29-23(2)41(25-17-12-9-13-18-25)39-30(29)24-15-10-8-11-16-24/h8-13,15-20,22-23,29,31H,5-7,14,21H2,1-4H3,(H,38,43). The van der Waals surface area contributed by atoms with Crippen molar-refractivity contribution in [2.45, 2.75) is 71.1 Å². The summed E-state index contributed by atoms with van der Waals surface area (Å²) in [6.07, 6.45) is 1.59. The number of nitrogens with one attached hydrogen (secondary N) is 1. The van der Waals surface area contributed by atoms with Gasteiger partial charge in [-0.15, -0.1) is 0 Å². The Morgan fingerprint density at radius 3 is 2.28 bits per heavy atom. The van der Waals surface area contributed by atoms with Gasteiger partial charge in [0.05, 0.1) is 34.8 Å². The summed E-state index contributed by atoms with van der Waals surface area (Å²) in [4.78, 5) is 56.1. The summed E-state index contributed by atoms with van der Waals surface area (Å²) in [6.45, 7) is 6.36. The molecular weight excluding hydrogens is 667 g/mol. The molecule has 0 bridgehead atoms. The number of hydrogen-bond donors (Lipinski definition) is 1. The number of unbranched alkanes of at least 4 members (excludes halogenated alkanes) is 3. The first-order valence-electron chi connectivity index (χ1n) is 16.3. The number of cyclic esters (lactones) is 1. The molecule has 5 rings (SSSR count). The van der Waals surface area contributed by atoms with E-state index in [4.69, 9.17) is 14.0 Å². The first kappa shape index (κ1) is 36.2. The Hall–Kier alpha value is -5.11. The van der Waals surface area contributed by atoms with Crippen LogP contribution >= 0.6 is 0 Å². The third kappa shape index (κ3) is 7.70. The van der Waals surface area contributed by atoms with E-state index in [9.17, 15) is 27.6 Å². The predicted octanol–water partition coefficient (Wildman–Crippen LogP) is 5.68. The lowest BCUT2D eigenvalue weighted by Crippen LogP contribution is -2.56. The van der Waals surface area contributed by atoms with Gasteiger partial charge in [-0.3, -0.25) is 19.4 Å². The van der Waals surface area contributed by atoms with E-state index in [1.54, 1.807) is 66.5 Å². The Bertz CT molecular complexity index is 1900. The van der Waals surface area contributed by atoms with Crippen LogP contribution in [-0.4, -0.2) is 66.2 Å². The highest BCUT2D eigenvalue weighted by molar-refractivity contribution is 7.87. The molecule has 1 saturated heterocycles. The number of halogens is 1. The average molecular weight is 707 g/mol. The molecule has 12 nitrogen and oxygen atoms in total. The van der Waals surface area contributed by atoms with Crippen LogP contribution in [0.15, 0.2) is 84.0 Å². The van der Waals surface area contributed by atoms with Crippen molar-refractivity contribution in [2.75, 3.05) is 16.1 Å². The van der Waals surface area contributed by atoms with E-state index in [0.717, 1.165) is 31.0 Å². The molecule has 1 N–H and O–H groups in total. The molecule has 14 heteroatoms. The van der Waals surface area contributed by atoms with Crippen LogP contribution in [0.1, 0.15) is 58.9 Å². The minimum absolute atomic E-state index is 0.261. The van der Waals surface area contributed by atoms with Crippen LogP contribution in [0.5, 0.6) is 5.75 Å². The predicted molar refractivity (Wildman–Crippen MR) is 185 cm³/mol. The monoisotopic (exact) mass is 706 g/mol. The number of benzene rings is 3. The van der Waals surface area contributed by atoms with Crippen LogP contribution in [0.2, 0.25) is 0 Å². The summed E-state index contributed by atoms with van der Waals surface area (Å²) in [6, 6.07) is 17.9. The maximum absolute atomic E-state index is 15.2. The third-order valence-corrected chi connectivity index (χ3v) is 9.73. The van der Waals surface area contributed by atoms with Gasteiger partial charge in [-0.25, -0.2) is 14.1 Å². The number of carbonyl (C=O) groups excluding carboxylic acids is 4. The lowest BCUT2D eigenvalue weighted by molar-refractivity contribution is -0.143. The topological polar surface area (TPSA) is 152 Å². The molecule has 50 heavy (non-hydrogen) atoms. The van der Waals surface area contributed by atoms with Crippen molar-refractivity contribution in [1.29, 1.82) is 0 Å². The van der Waals surface area contributed by atoms with Gasteiger partial charge in [0.15, 0.2) is 17.4 Å². The van der Waals surface area contributed by atoms with Crippen molar-refractivity contribution < 1.29 is 40.9 Å². The Balaban J connectivity index is 1.51. The number of amides is 3. The van der Waals surface area contributed by atoms with Gasteiger partial charge in [0.1, 0.15) is 11.6 Å². The molecule has 1 fully saturated rings. The van der Waals surface area contributed by atoms with Gasteiger partial charge in [-0.2, -0.15) is 13.5 Å². The minimum atomic E-state index is -4.04. The maximum Gasteiger partial charge on any atom is 0.418 e. The molecule has 3 aromatic rings. The highest BCUT2D eigenvalue weighted by Gasteiger charge is 2.56. The number of ether oxygens (including phenoxy) is 1. The maximum atomic E-state index is 15.2. The molecule has 2 aliphatic rings. The lowest BCUT2D eigenvalue weighted by atomic mass is 9.84. The van der Waals surface area contributed by atoms with Crippen LogP contribution < -0.4 is 14.5 Å². The van der Waals surface area contributed by atoms with Crippen molar-refractivity contribution in [2.24, 2.45) is 11.0 Å². The molecule has 2 aliphatic heterocycles. The van der Waals surface area contributed by atoms with Gasteiger partial charge in [-0.05, 0) is 57.0 Å². The molecule has 3 atom stereocenters. The third-order valence-electron chi connectivity index (χ3n) is 8.49. The molecule has 264 valence electrons. The van der Waals surface area contributed by atoms with Crippen molar-refractivity contribution >= 4 is 50.9 Å². The Morgan fingerprint density at radius 2 is 1.66 bits per heavy atom. The second-order valence-electron chi connectivity index (χ2n) is 12.6. The second kappa shape index (κ2) is 14.8. The molecule has 0 aromatic heterocycles. The van der Waals surface area contributed by atoms with Crippen LogP contribution in [0, 0.1) is 11.7 Å². The number of carbonyl (C=O) groups is 4. The van der Waals surface area contributed by atoms with Crippen LogP contribution in [-0.2, 0) is 29.2 Å². The van der Waals surface area contributed by atoms with Gasteiger partial charge < -0.3 is 14.2 Å². The molecule has 3 unspecified atom stereocenters. The summed E-state index contributed by atoms with van der Waals surface area (Å²) in [5, 5.41) is 8.68. The van der Waals surface area contributed by atoms with Crippen LogP contribution in [0.3, 0.4) is 0 Å². The summed E-state index contributed by atoms with van der Waals surface area (Å²) >= 11 is 0.